The lowest BCUT2D eigenvalue weighted by Gasteiger charge is -2.28. The number of aryl methyl sites for hydroxylation is 1. The molecule has 4 rings (SSSR count). The number of amides is 1. The van der Waals surface area contributed by atoms with Crippen molar-refractivity contribution in [2.24, 2.45) is 7.05 Å². The van der Waals surface area contributed by atoms with Gasteiger partial charge in [0.2, 0.25) is 0 Å². The van der Waals surface area contributed by atoms with Gasteiger partial charge in [0.1, 0.15) is 28.8 Å². The number of alkyl halides is 7. The maximum absolute atomic E-state index is 14.3. The Balaban J connectivity index is 1.58. The number of rotatable bonds is 12. The van der Waals surface area contributed by atoms with Crippen LogP contribution in [0.4, 0.5) is 35.5 Å². The predicted molar refractivity (Wildman–Crippen MR) is 171 cm³/mol. The molecule has 3 aromatic rings. The van der Waals surface area contributed by atoms with Crippen LogP contribution in [0.25, 0.3) is 16.9 Å². The lowest BCUT2D eigenvalue weighted by molar-refractivity contribution is -0.193. The topological polar surface area (TPSA) is 142 Å². The maximum atomic E-state index is 14.3. The first-order valence-corrected chi connectivity index (χ1v) is 16.2. The van der Waals surface area contributed by atoms with Crippen LogP contribution in [0.1, 0.15) is 75.0 Å². The van der Waals surface area contributed by atoms with Crippen molar-refractivity contribution in [3.63, 3.8) is 0 Å². The Labute approximate surface area is 303 Å². The minimum absolute atomic E-state index is 0.0380. The molecule has 1 aliphatic carbocycles. The molecule has 0 N–H and O–H groups in total. The quantitative estimate of drug-likeness (QED) is 0.0793. The maximum Gasteiger partial charge on any atom is 0.510 e. The predicted octanol–water partition coefficient (Wildman–Crippen LogP) is 7.47. The van der Waals surface area contributed by atoms with Gasteiger partial charge in [0.05, 0.1) is 35.2 Å². The first kappa shape index (κ1) is 40.9. The van der Waals surface area contributed by atoms with Crippen LogP contribution in [0, 0.1) is 11.3 Å². The number of nitriles is 1. The van der Waals surface area contributed by atoms with Gasteiger partial charge in [-0.25, -0.2) is 13.9 Å². The van der Waals surface area contributed by atoms with E-state index in [1.807, 2.05) is 6.07 Å². The van der Waals surface area contributed by atoms with E-state index in [0.29, 0.717) is 9.36 Å². The smallest absolute Gasteiger partial charge is 0.460 e. The summed E-state index contributed by atoms with van der Waals surface area (Å²) in [6, 6.07) is 5.93. The first-order chi connectivity index (χ1) is 24.5. The zero-order valence-corrected chi connectivity index (χ0v) is 29.7. The van der Waals surface area contributed by atoms with Gasteiger partial charge < -0.3 is 14.2 Å². The fourth-order valence-electron chi connectivity index (χ4n) is 5.16. The molecule has 1 unspecified atom stereocenters. The molecule has 12 nitrogen and oxygen atoms in total. The molecule has 1 saturated carbocycles. The second-order valence-electron chi connectivity index (χ2n) is 13.4. The van der Waals surface area contributed by atoms with Crippen LogP contribution in [-0.2, 0) is 37.6 Å². The molecule has 1 atom stereocenters. The van der Waals surface area contributed by atoms with E-state index in [2.05, 4.69) is 10.2 Å². The second-order valence-corrected chi connectivity index (χ2v) is 13.8. The van der Waals surface area contributed by atoms with Crippen molar-refractivity contribution in [1.82, 2.24) is 24.5 Å². The second kappa shape index (κ2) is 14.9. The normalized spacial score (nSPS) is 15.2. The molecular weight excluding hydrogens is 745 g/mol. The third-order valence-corrected chi connectivity index (χ3v) is 8.55. The lowest BCUT2D eigenvalue weighted by Crippen LogP contribution is -2.43. The molecule has 0 saturated heterocycles. The summed E-state index contributed by atoms with van der Waals surface area (Å²) in [5.41, 5.74) is -9.01. The summed E-state index contributed by atoms with van der Waals surface area (Å²) >= 11 is 6.36. The summed E-state index contributed by atoms with van der Waals surface area (Å²) in [7, 11) is 0.947. The van der Waals surface area contributed by atoms with Gasteiger partial charge in [0.25, 0.3) is 5.91 Å². The molecule has 288 valence electrons. The lowest BCUT2D eigenvalue weighted by atomic mass is 9.85. The standard InChI is InChI=1S/C33H34ClF7N6O6/c1-29(2,3)53-23(48)7-6-12-51-28(50)52-18-46(31(17-42)10-11-31)27(49)21-13-19(8-9-22(21)34)20-14-43-47(15-20)26-24(32(36,37)38)25(44-45(26)5)30(4,16-35)33(39,40)41/h8-9,13-15H,6-7,10-12,16,18H2,1-5H3. The van der Waals surface area contributed by atoms with Gasteiger partial charge in [-0.05, 0) is 64.7 Å². The summed E-state index contributed by atoms with van der Waals surface area (Å²) in [6.07, 6.45) is -9.38. The monoisotopic (exact) mass is 778 g/mol. The minimum Gasteiger partial charge on any atom is -0.460 e. The van der Waals surface area contributed by atoms with E-state index in [9.17, 15) is 50.4 Å². The average molecular weight is 779 g/mol. The van der Waals surface area contributed by atoms with Gasteiger partial charge in [0, 0.05) is 25.2 Å². The zero-order chi connectivity index (χ0) is 39.7. The molecule has 2 aromatic heterocycles. The highest BCUT2D eigenvalue weighted by molar-refractivity contribution is 6.34. The van der Waals surface area contributed by atoms with Crippen molar-refractivity contribution < 1.29 is 59.3 Å². The Morgan fingerprint density at radius 1 is 1.06 bits per heavy atom. The van der Waals surface area contributed by atoms with Gasteiger partial charge in [-0.1, -0.05) is 17.7 Å². The minimum atomic E-state index is -5.43. The summed E-state index contributed by atoms with van der Waals surface area (Å²) in [5, 5.41) is 17.1. The van der Waals surface area contributed by atoms with Gasteiger partial charge in [-0.2, -0.15) is 41.8 Å². The average Bonchev–Trinajstić information content (AvgIpc) is 3.52. The number of carbonyl (C=O) groups is 3. The molecule has 0 aliphatic heterocycles. The molecule has 2 heterocycles. The molecule has 0 radical (unpaired) electrons. The van der Waals surface area contributed by atoms with Crippen molar-refractivity contribution >= 4 is 29.6 Å². The van der Waals surface area contributed by atoms with E-state index >= 15 is 0 Å². The number of hydrogen-bond donors (Lipinski definition) is 0. The van der Waals surface area contributed by atoms with Crippen LogP contribution >= 0.6 is 11.6 Å². The molecule has 20 heteroatoms. The largest absolute Gasteiger partial charge is 0.510 e. The number of halogens is 8. The highest BCUT2D eigenvalue weighted by Gasteiger charge is 2.59. The van der Waals surface area contributed by atoms with Crippen LogP contribution in [0.3, 0.4) is 0 Å². The summed E-state index contributed by atoms with van der Waals surface area (Å²) < 4.78 is 115. The molecule has 53 heavy (non-hydrogen) atoms. The summed E-state index contributed by atoms with van der Waals surface area (Å²) in [4.78, 5) is 38.9. The molecule has 0 bridgehead atoms. The van der Waals surface area contributed by atoms with Gasteiger partial charge in [-0.15, -0.1) is 0 Å². The Hall–Kier alpha value is -4.86. The van der Waals surface area contributed by atoms with Crippen LogP contribution in [0.15, 0.2) is 30.6 Å². The van der Waals surface area contributed by atoms with E-state index < -0.39 is 77.4 Å². The fraction of sp³-hybridized carbons (Fsp3) is 0.515. The molecule has 1 aliphatic rings. The molecule has 1 aromatic carbocycles. The van der Waals surface area contributed by atoms with Crippen LogP contribution in [-0.4, -0.2) is 79.8 Å². The van der Waals surface area contributed by atoms with Gasteiger partial charge >= 0.3 is 24.5 Å². The Morgan fingerprint density at radius 3 is 2.26 bits per heavy atom. The van der Waals surface area contributed by atoms with E-state index in [-0.39, 0.29) is 60.9 Å². The fourth-order valence-corrected chi connectivity index (χ4v) is 5.36. The van der Waals surface area contributed by atoms with Gasteiger partial charge in [0.15, 0.2) is 12.5 Å². The molecular formula is C33H34ClF7N6O6. The number of esters is 1. The van der Waals surface area contributed by atoms with Crippen molar-refractivity contribution in [2.45, 2.75) is 82.3 Å². The number of ether oxygens (including phenoxy) is 3. The number of nitrogens with zero attached hydrogens (tertiary/aromatic N) is 6. The Morgan fingerprint density at radius 2 is 1.72 bits per heavy atom. The van der Waals surface area contributed by atoms with Crippen LogP contribution < -0.4 is 0 Å². The molecule has 0 spiro atoms. The summed E-state index contributed by atoms with van der Waals surface area (Å²) in [5.74, 6) is -2.28. The number of carbonyl (C=O) groups excluding carboxylic acids is 3. The molecule has 1 amide bonds. The number of hydrogen-bond acceptors (Lipinski definition) is 9. The SMILES string of the molecule is Cn1nc(C(C)(CF)C(F)(F)F)c(C(F)(F)F)c1-n1cc(-c2ccc(Cl)c(C(=O)N(COC(=O)OCCCC(=O)OC(C)(C)C)C3(C#N)CC3)c2)cn1. The third kappa shape index (κ3) is 8.86. The molecule has 1 fully saturated rings. The van der Waals surface area contributed by atoms with Crippen molar-refractivity contribution in [3.8, 4) is 23.0 Å². The van der Waals surface area contributed by atoms with Gasteiger partial charge in [-0.3, -0.25) is 19.2 Å². The van der Waals surface area contributed by atoms with Crippen molar-refractivity contribution in [1.29, 1.82) is 5.26 Å². The van der Waals surface area contributed by atoms with Crippen molar-refractivity contribution in [2.75, 3.05) is 20.0 Å². The number of benzene rings is 1. The van der Waals surface area contributed by atoms with Crippen LogP contribution in [0.2, 0.25) is 5.02 Å². The van der Waals surface area contributed by atoms with Crippen LogP contribution in [0.5, 0.6) is 0 Å². The Bertz CT molecular complexity index is 1910. The summed E-state index contributed by atoms with van der Waals surface area (Å²) in [6.45, 7) is 2.22. The van der Waals surface area contributed by atoms with E-state index in [4.69, 9.17) is 25.8 Å². The third-order valence-electron chi connectivity index (χ3n) is 8.22. The highest BCUT2D eigenvalue weighted by atomic mass is 35.5. The zero-order valence-electron chi connectivity index (χ0n) is 29.0. The van der Waals surface area contributed by atoms with Crippen molar-refractivity contribution in [3.05, 3.63) is 52.4 Å². The number of aromatic nitrogens is 4. The van der Waals surface area contributed by atoms with E-state index in [1.54, 1.807) is 20.8 Å². The highest BCUT2D eigenvalue weighted by Crippen LogP contribution is 2.48. The first-order valence-electron chi connectivity index (χ1n) is 15.8. The van der Waals surface area contributed by atoms with E-state index in [1.165, 1.54) is 18.2 Å². The van der Waals surface area contributed by atoms with E-state index in [0.717, 1.165) is 24.3 Å². The Kier molecular flexibility index (Phi) is 11.5.